The summed E-state index contributed by atoms with van der Waals surface area (Å²) in [6.45, 7) is 1.49. The van der Waals surface area contributed by atoms with Crippen molar-refractivity contribution in [1.82, 2.24) is 0 Å². The first kappa shape index (κ1) is 15.3. The van der Waals surface area contributed by atoms with E-state index >= 15 is 0 Å². The topological polar surface area (TPSA) is 59.3 Å². The molecule has 0 saturated carbocycles. The molecule has 0 amide bonds. The molecule has 1 rings (SSSR count). The number of rotatable bonds is 3. The molecule has 0 atom stereocenters. The van der Waals surface area contributed by atoms with Crippen LogP contribution < -0.4 is 4.74 Å². The lowest BCUT2D eigenvalue weighted by molar-refractivity contribution is -0.274. The number of carbonyl (C=O) groups excluding carboxylic acids is 1. The van der Waals surface area contributed by atoms with Gasteiger partial charge in [0.05, 0.1) is 12.2 Å². The van der Waals surface area contributed by atoms with Crippen molar-refractivity contribution in [3.63, 3.8) is 0 Å². The fourth-order valence-electron chi connectivity index (χ4n) is 1.26. The summed E-state index contributed by atoms with van der Waals surface area (Å²) in [7, 11) is 0. The van der Waals surface area contributed by atoms with E-state index in [4.69, 9.17) is 5.26 Å². The third-order valence-electron chi connectivity index (χ3n) is 1.89. The Balaban J connectivity index is 3.38. The molecule has 8 heteroatoms. The van der Waals surface area contributed by atoms with Crippen LogP contribution in [0, 0.1) is 11.3 Å². The minimum Gasteiger partial charge on any atom is -0.462 e. The Morgan fingerprint density at radius 1 is 1.47 bits per heavy atom. The first-order valence-electron chi connectivity index (χ1n) is 4.95. The van der Waals surface area contributed by atoms with Gasteiger partial charge in [-0.3, -0.25) is 0 Å². The Kier molecular flexibility index (Phi) is 4.78. The van der Waals surface area contributed by atoms with Crippen LogP contribution in [0.1, 0.15) is 22.8 Å². The second kappa shape index (κ2) is 5.93. The average molecular weight is 338 g/mol. The molecule has 0 heterocycles. The highest BCUT2D eigenvalue weighted by Crippen LogP contribution is 2.33. The fraction of sp³-hybridized carbons (Fsp3) is 0.273. The zero-order chi connectivity index (χ0) is 14.6. The summed E-state index contributed by atoms with van der Waals surface area (Å²) in [5, 5.41) is 8.81. The molecule has 0 radical (unpaired) electrons. The van der Waals surface area contributed by atoms with Crippen LogP contribution in [0.2, 0.25) is 0 Å². The van der Waals surface area contributed by atoms with Crippen LogP contribution in [0.15, 0.2) is 16.6 Å². The second-order valence-corrected chi connectivity index (χ2v) is 4.13. The van der Waals surface area contributed by atoms with Crippen LogP contribution in [0.5, 0.6) is 5.75 Å². The number of carbonyl (C=O) groups is 1. The first-order valence-corrected chi connectivity index (χ1v) is 5.74. The van der Waals surface area contributed by atoms with E-state index in [0.29, 0.717) is 0 Å². The van der Waals surface area contributed by atoms with Gasteiger partial charge in [-0.2, -0.15) is 5.26 Å². The predicted octanol–water partition coefficient (Wildman–Crippen LogP) is 3.40. The third kappa shape index (κ3) is 4.13. The maximum absolute atomic E-state index is 12.3. The van der Waals surface area contributed by atoms with Gasteiger partial charge < -0.3 is 9.47 Å². The van der Waals surface area contributed by atoms with Gasteiger partial charge in [0.15, 0.2) is 5.75 Å². The van der Waals surface area contributed by atoms with E-state index in [2.05, 4.69) is 25.4 Å². The molecular formula is C11H7BrF3NO3. The van der Waals surface area contributed by atoms with Gasteiger partial charge >= 0.3 is 12.3 Å². The highest BCUT2D eigenvalue weighted by molar-refractivity contribution is 9.10. The van der Waals surface area contributed by atoms with Gasteiger partial charge in [-0.15, -0.1) is 13.2 Å². The molecule has 0 bridgehead atoms. The van der Waals surface area contributed by atoms with Crippen molar-refractivity contribution in [3.05, 3.63) is 27.7 Å². The molecule has 0 aliphatic rings. The summed E-state index contributed by atoms with van der Waals surface area (Å²) in [4.78, 5) is 11.6. The second-order valence-electron chi connectivity index (χ2n) is 3.21. The van der Waals surface area contributed by atoms with E-state index in [1.165, 1.54) is 13.0 Å². The van der Waals surface area contributed by atoms with E-state index in [0.717, 1.165) is 12.1 Å². The third-order valence-corrected chi connectivity index (χ3v) is 2.35. The molecule has 1 aromatic rings. The lowest BCUT2D eigenvalue weighted by atomic mass is 10.1. The molecule has 4 nitrogen and oxygen atoms in total. The van der Waals surface area contributed by atoms with Crippen molar-refractivity contribution >= 4 is 21.9 Å². The van der Waals surface area contributed by atoms with Crippen molar-refractivity contribution in [3.8, 4) is 11.8 Å². The van der Waals surface area contributed by atoms with E-state index in [9.17, 15) is 18.0 Å². The van der Waals surface area contributed by atoms with Gasteiger partial charge in [-0.25, -0.2) is 4.79 Å². The molecule has 0 aliphatic carbocycles. The zero-order valence-corrected chi connectivity index (χ0v) is 11.1. The number of ether oxygens (including phenoxy) is 2. The fourth-order valence-corrected chi connectivity index (χ4v) is 1.72. The van der Waals surface area contributed by atoms with E-state index in [1.54, 1.807) is 0 Å². The average Bonchev–Trinajstić information content (AvgIpc) is 2.29. The summed E-state index contributed by atoms with van der Waals surface area (Å²) < 4.78 is 45.5. The highest BCUT2D eigenvalue weighted by atomic mass is 79.9. The van der Waals surface area contributed by atoms with Gasteiger partial charge in [0, 0.05) is 4.47 Å². The monoisotopic (exact) mass is 337 g/mol. The van der Waals surface area contributed by atoms with Crippen LogP contribution >= 0.6 is 15.9 Å². The van der Waals surface area contributed by atoms with Gasteiger partial charge in [0.2, 0.25) is 0 Å². The zero-order valence-electron chi connectivity index (χ0n) is 9.55. The Bertz CT molecular complexity index is 537. The number of nitriles is 1. The molecule has 19 heavy (non-hydrogen) atoms. The number of benzene rings is 1. The highest BCUT2D eigenvalue weighted by Gasteiger charge is 2.35. The van der Waals surface area contributed by atoms with E-state index in [-0.39, 0.29) is 11.1 Å². The standard InChI is InChI=1S/C11H7BrF3NO3/c1-2-18-10(17)8-4-7(12)3-6(5-16)9(8)19-11(13,14)15/h3-4H,2H2,1H3. The minimum atomic E-state index is -5.01. The maximum Gasteiger partial charge on any atom is 0.573 e. The molecule has 0 saturated heterocycles. The van der Waals surface area contributed by atoms with E-state index < -0.39 is 29.2 Å². The summed E-state index contributed by atoms with van der Waals surface area (Å²) in [5.41, 5.74) is -0.889. The molecule has 102 valence electrons. The molecule has 0 fully saturated rings. The van der Waals surface area contributed by atoms with Crippen molar-refractivity contribution < 1.29 is 27.4 Å². The van der Waals surface area contributed by atoms with Crippen LogP contribution in [-0.4, -0.2) is 18.9 Å². The normalized spacial score (nSPS) is 10.7. The maximum atomic E-state index is 12.3. The first-order chi connectivity index (χ1) is 8.78. The lowest BCUT2D eigenvalue weighted by Gasteiger charge is -2.14. The molecular weight excluding hydrogens is 331 g/mol. The number of hydrogen-bond acceptors (Lipinski definition) is 4. The van der Waals surface area contributed by atoms with E-state index in [1.807, 2.05) is 0 Å². The smallest absolute Gasteiger partial charge is 0.462 e. The van der Waals surface area contributed by atoms with Gasteiger partial charge in [-0.1, -0.05) is 15.9 Å². The summed E-state index contributed by atoms with van der Waals surface area (Å²) in [5.74, 6) is -1.86. The predicted molar refractivity (Wildman–Crippen MR) is 61.5 cm³/mol. The molecule has 0 aliphatic heterocycles. The lowest BCUT2D eigenvalue weighted by Crippen LogP contribution is -2.20. The van der Waals surface area contributed by atoms with Crippen molar-refractivity contribution in [2.45, 2.75) is 13.3 Å². The Morgan fingerprint density at radius 3 is 2.58 bits per heavy atom. The molecule has 0 aromatic heterocycles. The van der Waals surface area contributed by atoms with Crippen molar-refractivity contribution in [1.29, 1.82) is 5.26 Å². The summed E-state index contributed by atoms with van der Waals surface area (Å²) in [6.07, 6.45) is -5.01. The number of alkyl halides is 3. The summed E-state index contributed by atoms with van der Waals surface area (Å²) in [6, 6.07) is 3.75. The minimum absolute atomic E-state index is 0.0152. The van der Waals surface area contributed by atoms with Crippen molar-refractivity contribution in [2.75, 3.05) is 6.61 Å². The Morgan fingerprint density at radius 2 is 2.11 bits per heavy atom. The number of esters is 1. The molecule has 1 aromatic carbocycles. The number of halogens is 4. The molecule has 0 N–H and O–H groups in total. The van der Waals surface area contributed by atoms with Crippen LogP contribution in [0.4, 0.5) is 13.2 Å². The van der Waals surface area contributed by atoms with Crippen LogP contribution in [0.25, 0.3) is 0 Å². The quantitative estimate of drug-likeness (QED) is 0.793. The molecule has 0 unspecified atom stereocenters. The Labute approximate surface area is 114 Å². The SMILES string of the molecule is CCOC(=O)c1cc(Br)cc(C#N)c1OC(F)(F)F. The largest absolute Gasteiger partial charge is 0.573 e. The van der Waals surface area contributed by atoms with Crippen LogP contribution in [0.3, 0.4) is 0 Å². The Hall–Kier alpha value is -1.75. The van der Waals surface area contributed by atoms with Crippen molar-refractivity contribution in [2.24, 2.45) is 0 Å². The van der Waals surface area contributed by atoms with Gasteiger partial charge in [0.25, 0.3) is 0 Å². The number of nitrogens with zero attached hydrogens (tertiary/aromatic N) is 1. The number of hydrogen-bond donors (Lipinski definition) is 0. The van der Waals surface area contributed by atoms with Gasteiger partial charge in [-0.05, 0) is 19.1 Å². The van der Waals surface area contributed by atoms with Crippen LogP contribution in [-0.2, 0) is 4.74 Å². The van der Waals surface area contributed by atoms with Gasteiger partial charge in [0.1, 0.15) is 11.6 Å². The summed E-state index contributed by atoms with van der Waals surface area (Å²) >= 11 is 2.99. The molecule has 0 spiro atoms.